The van der Waals surface area contributed by atoms with E-state index in [1.807, 2.05) is 0 Å². The van der Waals surface area contributed by atoms with E-state index in [4.69, 9.17) is 5.73 Å². The lowest BCUT2D eigenvalue weighted by molar-refractivity contribution is -0.385. The van der Waals surface area contributed by atoms with E-state index in [0.29, 0.717) is 12.1 Å². The Balaban J connectivity index is 3.19. The number of nitro benzene ring substituents is 1. The number of benzene rings is 1. The summed E-state index contributed by atoms with van der Waals surface area (Å²) in [6.45, 7) is -3.23. The van der Waals surface area contributed by atoms with Gasteiger partial charge >= 0.3 is 6.61 Å². The minimum Gasteiger partial charge on any atom is -0.432 e. The number of hydrogen-bond donors (Lipinski definition) is 1. The number of non-ortho nitro benzene ring substituents is 1. The summed E-state index contributed by atoms with van der Waals surface area (Å²) in [4.78, 5) is 9.31. The van der Waals surface area contributed by atoms with Crippen molar-refractivity contribution < 1.29 is 22.8 Å². The van der Waals surface area contributed by atoms with Crippen molar-refractivity contribution in [2.75, 3.05) is 5.73 Å². The maximum absolute atomic E-state index is 12.9. The molecule has 0 heterocycles. The second-order valence-corrected chi connectivity index (χ2v) is 2.48. The lowest BCUT2D eigenvalue weighted by Gasteiger charge is -2.07. The van der Waals surface area contributed by atoms with Crippen molar-refractivity contribution in [3.8, 4) is 5.75 Å². The lowest BCUT2D eigenvalue weighted by Crippen LogP contribution is -2.06. The van der Waals surface area contributed by atoms with Gasteiger partial charge in [0.15, 0.2) is 11.6 Å². The third-order valence-corrected chi connectivity index (χ3v) is 1.50. The molecule has 0 aliphatic carbocycles. The van der Waals surface area contributed by atoms with Gasteiger partial charge in [0.05, 0.1) is 17.1 Å². The quantitative estimate of drug-likeness (QED) is 0.481. The fraction of sp³-hybridized carbons (Fsp3) is 0.143. The zero-order chi connectivity index (χ0) is 11.6. The molecule has 0 saturated heterocycles. The number of anilines is 1. The Bertz CT molecular complexity index is 397. The number of halogens is 3. The summed E-state index contributed by atoms with van der Waals surface area (Å²) < 4.78 is 40.3. The minimum atomic E-state index is -3.23. The van der Waals surface area contributed by atoms with Gasteiger partial charge in [-0.2, -0.15) is 8.78 Å². The fourth-order valence-corrected chi connectivity index (χ4v) is 0.878. The Morgan fingerprint density at radius 1 is 1.47 bits per heavy atom. The molecule has 0 aliphatic rings. The second kappa shape index (κ2) is 4.03. The van der Waals surface area contributed by atoms with Gasteiger partial charge in [0.1, 0.15) is 5.69 Å². The number of ether oxygens (including phenoxy) is 1. The molecule has 0 atom stereocenters. The van der Waals surface area contributed by atoms with Crippen molar-refractivity contribution >= 4 is 11.4 Å². The zero-order valence-corrected chi connectivity index (χ0v) is 7.12. The summed E-state index contributed by atoms with van der Waals surface area (Å²) in [7, 11) is 0. The standard InChI is InChI=1S/C7H5F3N2O3/c8-4-1-3(12(13)14)2-5(6(4)11)15-7(9)10/h1-2,7H,11H2. The Labute approximate surface area is 81.4 Å². The molecule has 0 unspecified atom stereocenters. The van der Waals surface area contributed by atoms with Gasteiger partial charge in [-0.25, -0.2) is 4.39 Å². The van der Waals surface area contributed by atoms with Crippen LogP contribution in [0.5, 0.6) is 5.75 Å². The average Bonchev–Trinajstić information content (AvgIpc) is 2.11. The van der Waals surface area contributed by atoms with Gasteiger partial charge in [0.25, 0.3) is 5.69 Å². The summed E-state index contributed by atoms with van der Waals surface area (Å²) in [5.74, 6) is -1.93. The third kappa shape index (κ3) is 2.48. The summed E-state index contributed by atoms with van der Waals surface area (Å²) >= 11 is 0. The molecule has 8 heteroatoms. The molecule has 2 N–H and O–H groups in total. The van der Waals surface area contributed by atoms with E-state index >= 15 is 0 Å². The molecule has 1 aromatic carbocycles. The Morgan fingerprint density at radius 3 is 2.53 bits per heavy atom. The van der Waals surface area contributed by atoms with Crippen molar-refractivity contribution in [1.29, 1.82) is 0 Å². The van der Waals surface area contributed by atoms with Crippen molar-refractivity contribution in [2.24, 2.45) is 0 Å². The fourth-order valence-electron chi connectivity index (χ4n) is 0.878. The van der Waals surface area contributed by atoms with Crippen molar-refractivity contribution in [2.45, 2.75) is 6.61 Å². The molecule has 1 aromatic rings. The molecule has 0 amide bonds. The molecular formula is C7H5F3N2O3. The maximum Gasteiger partial charge on any atom is 0.387 e. The number of nitrogens with zero attached hydrogens (tertiary/aromatic N) is 1. The van der Waals surface area contributed by atoms with Gasteiger partial charge in [0.2, 0.25) is 0 Å². The number of alkyl halides is 2. The monoisotopic (exact) mass is 222 g/mol. The summed E-state index contributed by atoms with van der Waals surface area (Å²) in [5, 5.41) is 10.3. The van der Waals surface area contributed by atoms with Crippen molar-refractivity contribution in [1.82, 2.24) is 0 Å². The largest absolute Gasteiger partial charge is 0.432 e. The van der Waals surface area contributed by atoms with Crippen LogP contribution in [0.3, 0.4) is 0 Å². The van der Waals surface area contributed by atoms with E-state index in [0.717, 1.165) is 0 Å². The van der Waals surface area contributed by atoms with E-state index < -0.39 is 34.5 Å². The van der Waals surface area contributed by atoms with Crippen molar-refractivity contribution in [3.63, 3.8) is 0 Å². The van der Waals surface area contributed by atoms with E-state index in [1.165, 1.54) is 0 Å². The van der Waals surface area contributed by atoms with Crippen LogP contribution < -0.4 is 10.5 Å². The number of hydrogen-bond acceptors (Lipinski definition) is 4. The Morgan fingerprint density at radius 2 is 2.07 bits per heavy atom. The van der Waals surface area contributed by atoms with Gasteiger partial charge in [-0.3, -0.25) is 10.1 Å². The molecule has 0 bridgehead atoms. The Kier molecular flexibility index (Phi) is 2.98. The highest BCUT2D eigenvalue weighted by Crippen LogP contribution is 2.30. The summed E-state index contributed by atoms with van der Waals surface area (Å²) in [5.41, 5.74) is 3.64. The first-order valence-corrected chi connectivity index (χ1v) is 3.60. The second-order valence-electron chi connectivity index (χ2n) is 2.48. The van der Waals surface area contributed by atoms with Crippen LogP contribution in [-0.4, -0.2) is 11.5 Å². The van der Waals surface area contributed by atoms with Crippen LogP contribution in [0.2, 0.25) is 0 Å². The molecule has 5 nitrogen and oxygen atoms in total. The molecule has 0 spiro atoms. The number of nitrogen functional groups attached to an aromatic ring is 1. The third-order valence-electron chi connectivity index (χ3n) is 1.50. The summed E-state index contributed by atoms with van der Waals surface area (Å²) in [6.07, 6.45) is 0. The van der Waals surface area contributed by atoms with Gasteiger partial charge in [-0.1, -0.05) is 0 Å². The van der Waals surface area contributed by atoms with E-state index in [2.05, 4.69) is 4.74 Å². The highest BCUT2D eigenvalue weighted by atomic mass is 19.3. The van der Waals surface area contributed by atoms with Gasteiger partial charge in [-0.15, -0.1) is 0 Å². The smallest absolute Gasteiger partial charge is 0.387 e. The highest BCUT2D eigenvalue weighted by Gasteiger charge is 2.18. The highest BCUT2D eigenvalue weighted by molar-refractivity contribution is 5.58. The van der Waals surface area contributed by atoms with Crippen LogP contribution in [0.1, 0.15) is 0 Å². The molecule has 0 fully saturated rings. The summed E-state index contributed by atoms with van der Waals surface area (Å²) in [6, 6.07) is 1.15. The SMILES string of the molecule is Nc1c(F)cc([N+](=O)[O-])cc1OC(F)F. The number of rotatable bonds is 3. The predicted octanol–water partition coefficient (Wildman–Crippen LogP) is 1.92. The van der Waals surface area contributed by atoms with Crippen LogP contribution in [-0.2, 0) is 0 Å². The first kappa shape index (κ1) is 11.1. The molecule has 15 heavy (non-hydrogen) atoms. The van der Waals surface area contributed by atoms with E-state index in [9.17, 15) is 23.3 Å². The van der Waals surface area contributed by atoms with Crippen LogP contribution >= 0.6 is 0 Å². The maximum atomic E-state index is 12.9. The zero-order valence-electron chi connectivity index (χ0n) is 7.12. The molecule has 1 rings (SSSR count). The first-order valence-electron chi connectivity index (χ1n) is 3.60. The van der Waals surface area contributed by atoms with Crippen LogP contribution in [0.15, 0.2) is 12.1 Å². The molecular weight excluding hydrogens is 217 g/mol. The van der Waals surface area contributed by atoms with Crippen LogP contribution in [0.25, 0.3) is 0 Å². The number of nitro groups is 1. The predicted molar refractivity (Wildman–Crippen MR) is 44.1 cm³/mol. The molecule has 82 valence electrons. The molecule has 0 aromatic heterocycles. The first-order chi connectivity index (χ1) is 6.91. The van der Waals surface area contributed by atoms with Crippen LogP contribution in [0, 0.1) is 15.9 Å². The molecule has 0 saturated carbocycles. The minimum absolute atomic E-state index is 0.521. The Hall–Kier alpha value is -1.99. The lowest BCUT2D eigenvalue weighted by atomic mass is 10.2. The van der Waals surface area contributed by atoms with Crippen molar-refractivity contribution in [3.05, 3.63) is 28.1 Å². The number of nitrogens with two attached hydrogens (primary N) is 1. The van der Waals surface area contributed by atoms with E-state index in [1.54, 1.807) is 0 Å². The van der Waals surface area contributed by atoms with Crippen LogP contribution in [0.4, 0.5) is 24.5 Å². The van der Waals surface area contributed by atoms with Gasteiger partial charge < -0.3 is 10.5 Å². The average molecular weight is 222 g/mol. The molecule has 0 radical (unpaired) electrons. The molecule has 0 aliphatic heterocycles. The van der Waals surface area contributed by atoms with Gasteiger partial charge in [0, 0.05) is 0 Å². The normalized spacial score (nSPS) is 10.4. The topological polar surface area (TPSA) is 78.4 Å². The van der Waals surface area contributed by atoms with E-state index in [-0.39, 0.29) is 0 Å². The van der Waals surface area contributed by atoms with Gasteiger partial charge in [-0.05, 0) is 0 Å².